The van der Waals surface area contributed by atoms with Gasteiger partial charge in [0.05, 0.1) is 13.2 Å². The first-order valence-electron chi connectivity index (χ1n) is 3.69. The van der Waals surface area contributed by atoms with E-state index >= 15 is 0 Å². The second-order valence-electron chi connectivity index (χ2n) is 2.44. The van der Waals surface area contributed by atoms with Crippen LogP contribution in [0.15, 0.2) is 0 Å². The fourth-order valence-electron chi connectivity index (χ4n) is 0.654. The van der Waals surface area contributed by atoms with Crippen LogP contribution in [0.5, 0.6) is 0 Å². The van der Waals surface area contributed by atoms with Crippen LogP contribution >= 0.6 is 11.8 Å². The Labute approximate surface area is 72.3 Å². The molecule has 0 heterocycles. The molecule has 0 saturated heterocycles. The monoisotopic (exact) mass is 179 g/mol. The van der Waals surface area contributed by atoms with E-state index in [1.54, 1.807) is 18.9 Å². The molecule has 68 valence electrons. The largest absolute Gasteiger partial charge is 0.395 e. The Kier molecular flexibility index (Phi) is 7.06. The predicted octanol–water partition coefficient (Wildman–Crippen LogP) is 0.0741. The van der Waals surface area contributed by atoms with E-state index in [-0.39, 0.29) is 17.9 Å². The lowest BCUT2D eigenvalue weighted by molar-refractivity contribution is 0.218. The number of rotatable bonds is 6. The van der Waals surface area contributed by atoms with Crippen LogP contribution < -0.4 is 5.73 Å². The number of hydrogen-bond acceptors (Lipinski definition) is 4. The summed E-state index contributed by atoms with van der Waals surface area (Å²) in [6.45, 7) is 2.76. The number of aliphatic hydroxyl groups is 1. The maximum absolute atomic E-state index is 8.85. The lowest BCUT2D eigenvalue weighted by atomic mass is 10.3. The highest BCUT2D eigenvalue weighted by Gasteiger charge is 2.11. The average molecular weight is 179 g/mol. The van der Waals surface area contributed by atoms with Crippen molar-refractivity contribution in [3.8, 4) is 0 Å². The summed E-state index contributed by atoms with van der Waals surface area (Å²) >= 11 is 1.65. The van der Waals surface area contributed by atoms with Gasteiger partial charge < -0.3 is 15.6 Å². The Morgan fingerprint density at radius 2 is 2.27 bits per heavy atom. The van der Waals surface area contributed by atoms with Gasteiger partial charge in [0.1, 0.15) is 0 Å². The van der Waals surface area contributed by atoms with Gasteiger partial charge in [0.15, 0.2) is 0 Å². The first-order valence-corrected chi connectivity index (χ1v) is 4.74. The van der Waals surface area contributed by atoms with Crippen molar-refractivity contribution in [3.05, 3.63) is 0 Å². The standard InChI is InChI=1S/C7H17NO2S/c1-6(8)7(5-9)11-4-3-10-2/h6-7,9H,3-5,8H2,1-2H3. The zero-order chi connectivity index (χ0) is 8.69. The lowest BCUT2D eigenvalue weighted by Gasteiger charge is -2.16. The summed E-state index contributed by atoms with van der Waals surface area (Å²) in [5, 5.41) is 9.00. The molecular weight excluding hydrogens is 162 g/mol. The molecule has 0 aromatic carbocycles. The van der Waals surface area contributed by atoms with Crippen molar-refractivity contribution in [2.45, 2.75) is 18.2 Å². The van der Waals surface area contributed by atoms with E-state index in [9.17, 15) is 0 Å². The van der Waals surface area contributed by atoms with Crippen molar-refractivity contribution in [1.29, 1.82) is 0 Å². The number of aliphatic hydroxyl groups excluding tert-OH is 1. The van der Waals surface area contributed by atoms with Gasteiger partial charge in [0.2, 0.25) is 0 Å². The van der Waals surface area contributed by atoms with Crippen molar-refractivity contribution < 1.29 is 9.84 Å². The van der Waals surface area contributed by atoms with Crippen LogP contribution in [-0.4, -0.2) is 42.5 Å². The van der Waals surface area contributed by atoms with Gasteiger partial charge in [-0.3, -0.25) is 0 Å². The van der Waals surface area contributed by atoms with Gasteiger partial charge >= 0.3 is 0 Å². The zero-order valence-corrected chi connectivity index (χ0v) is 7.93. The van der Waals surface area contributed by atoms with E-state index < -0.39 is 0 Å². The fourth-order valence-corrected chi connectivity index (χ4v) is 1.63. The summed E-state index contributed by atoms with van der Waals surface area (Å²) in [7, 11) is 1.67. The van der Waals surface area contributed by atoms with Crippen molar-refractivity contribution in [2.24, 2.45) is 5.73 Å². The number of hydrogen-bond donors (Lipinski definition) is 2. The van der Waals surface area contributed by atoms with Crippen LogP contribution in [-0.2, 0) is 4.74 Å². The third-order valence-corrected chi connectivity index (χ3v) is 2.79. The lowest BCUT2D eigenvalue weighted by Crippen LogP contribution is -2.32. The highest BCUT2D eigenvalue weighted by molar-refractivity contribution is 8.00. The first-order chi connectivity index (χ1) is 5.22. The van der Waals surface area contributed by atoms with E-state index in [1.807, 2.05) is 6.92 Å². The summed E-state index contributed by atoms with van der Waals surface area (Å²) in [5.41, 5.74) is 5.61. The molecular formula is C7H17NO2S. The fraction of sp³-hybridized carbons (Fsp3) is 1.00. The van der Waals surface area contributed by atoms with Gasteiger partial charge in [-0.25, -0.2) is 0 Å². The van der Waals surface area contributed by atoms with Gasteiger partial charge in [-0.15, -0.1) is 0 Å². The second-order valence-corrected chi connectivity index (χ2v) is 3.79. The normalized spacial score (nSPS) is 16.4. The van der Waals surface area contributed by atoms with Crippen LogP contribution in [0.4, 0.5) is 0 Å². The zero-order valence-electron chi connectivity index (χ0n) is 7.12. The van der Waals surface area contributed by atoms with Crippen LogP contribution in [0, 0.1) is 0 Å². The summed E-state index contributed by atoms with van der Waals surface area (Å²) in [4.78, 5) is 0. The minimum absolute atomic E-state index is 0.0434. The molecule has 0 rings (SSSR count). The Bertz CT molecular complexity index is 90.5. The molecule has 0 radical (unpaired) electrons. The third-order valence-electron chi connectivity index (χ3n) is 1.39. The molecule has 0 saturated carbocycles. The molecule has 0 bridgehead atoms. The van der Waals surface area contributed by atoms with E-state index in [0.29, 0.717) is 6.61 Å². The molecule has 2 unspecified atom stereocenters. The maximum atomic E-state index is 8.85. The molecule has 0 aliphatic carbocycles. The molecule has 0 spiro atoms. The maximum Gasteiger partial charge on any atom is 0.0564 e. The third kappa shape index (κ3) is 5.49. The Morgan fingerprint density at radius 3 is 2.64 bits per heavy atom. The number of ether oxygens (including phenoxy) is 1. The quantitative estimate of drug-likeness (QED) is 0.567. The van der Waals surface area contributed by atoms with Crippen LogP contribution in [0.25, 0.3) is 0 Å². The molecule has 0 aromatic heterocycles. The van der Waals surface area contributed by atoms with Crippen LogP contribution in [0.2, 0.25) is 0 Å². The topological polar surface area (TPSA) is 55.5 Å². The van der Waals surface area contributed by atoms with Crippen molar-refractivity contribution in [3.63, 3.8) is 0 Å². The summed E-state index contributed by atoms with van der Waals surface area (Å²) in [5.74, 6) is 0.892. The van der Waals surface area contributed by atoms with E-state index in [0.717, 1.165) is 5.75 Å². The molecule has 4 heteroatoms. The van der Waals surface area contributed by atoms with Crippen molar-refractivity contribution in [1.82, 2.24) is 0 Å². The Morgan fingerprint density at radius 1 is 1.64 bits per heavy atom. The SMILES string of the molecule is COCCSC(CO)C(C)N. The average Bonchev–Trinajstić information content (AvgIpc) is 1.97. The molecule has 3 nitrogen and oxygen atoms in total. The summed E-state index contributed by atoms with van der Waals surface area (Å²) in [6, 6.07) is 0.0434. The molecule has 0 aliphatic rings. The minimum atomic E-state index is 0.0434. The molecule has 3 N–H and O–H groups in total. The van der Waals surface area contributed by atoms with Gasteiger partial charge in [0, 0.05) is 24.2 Å². The number of methoxy groups -OCH3 is 1. The summed E-state index contributed by atoms with van der Waals surface area (Å²) in [6.07, 6.45) is 0. The van der Waals surface area contributed by atoms with Crippen LogP contribution in [0.1, 0.15) is 6.92 Å². The Hall–Kier alpha value is 0.230. The van der Waals surface area contributed by atoms with Crippen LogP contribution in [0.3, 0.4) is 0 Å². The smallest absolute Gasteiger partial charge is 0.0564 e. The molecule has 0 aromatic rings. The minimum Gasteiger partial charge on any atom is -0.395 e. The van der Waals surface area contributed by atoms with E-state index in [1.165, 1.54) is 0 Å². The summed E-state index contributed by atoms with van der Waals surface area (Å²) < 4.78 is 4.87. The van der Waals surface area contributed by atoms with E-state index in [2.05, 4.69) is 0 Å². The highest BCUT2D eigenvalue weighted by Crippen LogP contribution is 2.12. The van der Waals surface area contributed by atoms with Gasteiger partial charge in [-0.1, -0.05) is 0 Å². The van der Waals surface area contributed by atoms with Gasteiger partial charge in [-0.2, -0.15) is 11.8 Å². The molecule has 2 atom stereocenters. The predicted molar refractivity (Wildman–Crippen MR) is 48.9 cm³/mol. The second kappa shape index (κ2) is 6.91. The number of nitrogens with two attached hydrogens (primary N) is 1. The Balaban J connectivity index is 3.36. The van der Waals surface area contributed by atoms with E-state index in [4.69, 9.17) is 15.6 Å². The van der Waals surface area contributed by atoms with Crippen molar-refractivity contribution in [2.75, 3.05) is 26.1 Å². The van der Waals surface area contributed by atoms with Crippen molar-refractivity contribution >= 4 is 11.8 Å². The molecule has 0 amide bonds. The molecule has 11 heavy (non-hydrogen) atoms. The van der Waals surface area contributed by atoms with Gasteiger partial charge in [0.25, 0.3) is 0 Å². The number of thioether (sulfide) groups is 1. The molecule has 0 aliphatic heterocycles. The first kappa shape index (κ1) is 11.2. The highest BCUT2D eigenvalue weighted by atomic mass is 32.2. The molecule has 0 fully saturated rings. The van der Waals surface area contributed by atoms with Gasteiger partial charge in [-0.05, 0) is 6.92 Å².